The molecule has 0 atom stereocenters. The second-order valence-corrected chi connectivity index (χ2v) is 6.01. The van der Waals surface area contributed by atoms with Crippen LogP contribution < -0.4 is 10.6 Å². The van der Waals surface area contributed by atoms with Crippen LogP contribution in [0.25, 0.3) is 0 Å². The van der Waals surface area contributed by atoms with Crippen molar-refractivity contribution >= 4 is 39.1 Å². The minimum absolute atomic E-state index is 0.219. The number of halogens is 1. The van der Waals surface area contributed by atoms with E-state index in [-0.39, 0.29) is 18.2 Å². The minimum Gasteiger partial charge on any atom is -0.326 e. The van der Waals surface area contributed by atoms with Crippen LogP contribution >= 0.6 is 15.9 Å². The molecule has 2 aromatic rings. The van der Waals surface area contributed by atoms with Gasteiger partial charge < -0.3 is 10.6 Å². The average molecular weight is 361 g/mol. The highest BCUT2D eigenvalue weighted by molar-refractivity contribution is 9.10. The second kappa shape index (κ2) is 7.22. The van der Waals surface area contributed by atoms with Crippen LogP contribution in [-0.4, -0.2) is 11.8 Å². The van der Waals surface area contributed by atoms with Crippen molar-refractivity contribution in [3.05, 3.63) is 58.1 Å². The van der Waals surface area contributed by atoms with Gasteiger partial charge in [0, 0.05) is 15.8 Å². The summed E-state index contributed by atoms with van der Waals surface area (Å²) in [6.07, 6.45) is -0.219. The molecule has 0 saturated heterocycles. The van der Waals surface area contributed by atoms with E-state index in [1.54, 1.807) is 12.1 Å². The van der Waals surface area contributed by atoms with E-state index in [0.717, 1.165) is 21.3 Å². The van der Waals surface area contributed by atoms with Gasteiger partial charge in [0.2, 0.25) is 11.8 Å². The monoisotopic (exact) mass is 360 g/mol. The zero-order chi connectivity index (χ0) is 16.1. The Kier molecular flexibility index (Phi) is 5.33. The van der Waals surface area contributed by atoms with Crippen molar-refractivity contribution < 1.29 is 9.59 Å². The number of amides is 2. The third-order valence-corrected chi connectivity index (χ3v) is 3.63. The quantitative estimate of drug-likeness (QED) is 0.808. The number of hydrogen-bond acceptors (Lipinski definition) is 2. The van der Waals surface area contributed by atoms with Crippen LogP contribution in [0.3, 0.4) is 0 Å². The second-order valence-electron chi connectivity index (χ2n) is 5.10. The van der Waals surface area contributed by atoms with Gasteiger partial charge in [-0.05, 0) is 49.7 Å². The zero-order valence-electron chi connectivity index (χ0n) is 12.4. The zero-order valence-corrected chi connectivity index (χ0v) is 14.0. The summed E-state index contributed by atoms with van der Waals surface area (Å²) >= 11 is 3.32. The molecule has 2 aromatic carbocycles. The van der Waals surface area contributed by atoms with E-state index in [4.69, 9.17) is 0 Å². The van der Waals surface area contributed by atoms with Gasteiger partial charge in [0.15, 0.2) is 0 Å². The Bertz CT molecular complexity index is 696. The Hall–Kier alpha value is -2.14. The van der Waals surface area contributed by atoms with E-state index in [1.807, 2.05) is 44.2 Å². The average Bonchev–Trinajstić information content (AvgIpc) is 2.44. The molecule has 2 N–H and O–H groups in total. The number of anilines is 2. The van der Waals surface area contributed by atoms with E-state index < -0.39 is 0 Å². The molecule has 0 saturated carbocycles. The molecule has 0 aromatic heterocycles. The van der Waals surface area contributed by atoms with Gasteiger partial charge in [-0.2, -0.15) is 0 Å². The van der Waals surface area contributed by atoms with Crippen molar-refractivity contribution in [1.29, 1.82) is 0 Å². The van der Waals surface area contributed by atoms with Crippen LogP contribution in [0.4, 0.5) is 11.4 Å². The van der Waals surface area contributed by atoms with E-state index >= 15 is 0 Å². The standard InChI is InChI=1S/C17H17BrN2O2/c1-11-3-8-15(12(2)9-11)20-17(22)10-16(21)19-14-6-4-13(18)5-7-14/h3-9H,10H2,1-2H3,(H,19,21)(H,20,22). The van der Waals surface area contributed by atoms with Crippen LogP contribution in [-0.2, 0) is 9.59 Å². The lowest BCUT2D eigenvalue weighted by molar-refractivity contribution is -0.123. The Morgan fingerprint density at radius 3 is 2.23 bits per heavy atom. The van der Waals surface area contributed by atoms with E-state index in [1.165, 1.54) is 0 Å². The smallest absolute Gasteiger partial charge is 0.233 e. The maximum atomic E-state index is 11.9. The lowest BCUT2D eigenvalue weighted by Crippen LogP contribution is -2.21. The summed E-state index contributed by atoms with van der Waals surface area (Å²) in [6, 6.07) is 12.9. The lowest BCUT2D eigenvalue weighted by atomic mass is 10.1. The third kappa shape index (κ3) is 4.70. The molecule has 0 fully saturated rings. The molecule has 0 radical (unpaired) electrons. The van der Waals surface area contributed by atoms with Gasteiger partial charge in [-0.1, -0.05) is 33.6 Å². The summed E-state index contributed by atoms with van der Waals surface area (Å²) in [4.78, 5) is 23.8. The van der Waals surface area contributed by atoms with Gasteiger partial charge in [-0.3, -0.25) is 9.59 Å². The predicted molar refractivity (Wildman–Crippen MR) is 91.9 cm³/mol. The number of hydrogen-bond donors (Lipinski definition) is 2. The number of carbonyl (C=O) groups is 2. The molecule has 0 bridgehead atoms. The fourth-order valence-corrected chi connectivity index (χ4v) is 2.30. The summed E-state index contributed by atoms with van der Waals surface area (Å²) < 4.78 is 0.929. The predicted octanol–water partition coefficient (Wildman–Crippen LogP) is 4.03. The molecule has 4 nitrogen and oxygen atoms in total. The summed E-state index contributed by atoms with van der Waals surface area (Å²) in [5.74, 6) is -0.675. The molecule has 0 aliphatic heterocycles. The Labute approximate surface area is 138 Å². The third-order valence-electron chi connectivity index (χ3n) is 3.11. The summed E-state index contributed by atoms with van der Waals surface area (Å²) in [6.45, 7) is 3.91. The molecule has 114 valence electrons. The molecule has 0 aliphatic carbocycles. The molecule has 22 heavy (non-hydrogen) atoms. The van der Waals surface area contributed by atoms with Crippen LogP contribution in [0.2, 0.25) is 0 Å². The molecule has 0 spiro atoms. The number of rotatable bonds is 4. The van der Waals surface area contributed by atoms with Crippen molar-refractivity contribution in [2.24, 2.45) is 0 Å². The van der Waals surface area contributed by atoms with Crippen LogP contribution in [0, 0.1) is 13.8 Å². The molecular formula is C17H17BrN2O2. The molecular weight excluding hydrogens is 344 g/mol. The Balaban J connectivity index is 1.91. The van der Waals surface area contributed by atoms with Gasteiger partial charge in [-0.25, -0.2) is 0 Å². The molecule has 2 rings (SSSR count). The summed E-state index contributed by atoms with van der Waals surface area (Å²) in [7, 11) is 0. The highest BCUT2D eigenvalue weighted by Crippen LogP contribution is 2.17. The van der Waals surface area contributed by atoms with Crippen LogP contribution in [0.1, 0.15) is 17.5 Å². The Morgan fingerprint density at radius 2 is 1.59 bits per heavy atom. The SMILES string of the molecule is Cc1ccc(NC(=O)CC(=O)Nc2ccc(Br)cc2)c(C)c1. The molecule has 5 heteroatoms. The fraction of sp³-hybridized carbons (Fsp3) is 0.176. The first-order valence-electron chi connectivity index (χ1n) is 6.86. The first-order valence-corrected chi connectivity index (χ1v) is 7.66. The molecule has 0 heterocycles. The van der Waals surface area contributed by atoms with Gasteiger partial charge in [0.1, 0.15) is 6.42 Å². The number of aryl methyl sites for hydroxylation is 2. The minimum atomic E-state index is -0.343. The van der Waals surface area contributed by atoms with Gasteiger partial charge in [-0.15, -0.1) is 0 Å². The molecule has 2 amide bonds. The van der Waals surface area contributed by atoms with Gasteiger partial charge in [0.25, 0.3) is 0 Å². The Morgan fingerprint density at radius 1 is 0.955 bits per heavy atom. The molecule has 0 aliphatic rings. The first kappa shape index (κ1) is 16.2. The lowest BCUT2D eigenvalue weighted by Gasteiger charge is -2.09. The van der Waals surface area contributed by atoms with Gasteiger partial charge in [0.05, 0.1) is 0 Å². The van der Waals surface area contributed by atoms with Crippen LogP contribution in [0.15, 0.2) is 46.9 Å². The van der Waals surface area contributed by atoms with Crippen molar-refractivity contribution in [2.75, 3.05) is 10.6 Å². The van der Waals surface area contributed by atoms with Crippen LogP contribution in [0.5, 0.6) is 0 Å². The summed E-state index contributed by atoms with van der Waals surface area (Å²) in [5, 5.41) is 5.44. The normalized spacial score (nSPS) is 10.1. The van der Waals surface area contributed by atoms with E-state index in [0.29, 0.717) is 5.69 Å². The molecule has 0 unspecified atom stereocenters. The topological polar surface area (TPSA) is 58.2 Å². The number of benzene rings is 2. The van der Waals surface area contributed by atoms with Gasteiger partial charge >= 0.3 is 0 Å². The van der Waals surface area contributed by atoms with E-state index in [2.05, 4.69) is 26.6 Å². The summed E-state index contributed by atoms with van der Waals surface area (Å²) in [5.41, 5.74) is 3.49. The fourth-order valence-electron chi connectivity index (χ4n) is 2.03. The van der Waals surface area contributed by atoms with E-state index in [9.17, 15) is 9.59 Å². The highest BCUT2D eigenvalue weighted by Gasteiger charge is 2.11. The van der Waals surface area contributed by atoms with Crippen molar-refractivity contribution in [1.82, 2.24) is 0 Å². The first-order chi connectivity index (χ1) is 10.4. The number of nitrogens with one attached hydrogen (secondary N) is 2. The van der Waals surface area contributed by atoms with Crippen molar-refractivity contribution in [3.63, 3.8) is 0 Å². The van der Waals surface area contributed by atoms with Crippen molar-refractivity contribution in [2.45, 2.75) is 20.3 Å². The number of carbonyl (C=O) groups excluding carboxylic acids is 2. The highest BCUT2D eigenvalue weighted by atomic mass is 79.9. The maximum Gasteiger partial charge on any atom is 0.233 e. The maximum absolute atomic E-state index is 11.9. The van der Waals surface area contributed by atoms with Crippen molar-refractivity contribution in [3.8, 4) is 0 Å². The largest absolute Gasteiger partial charge is 0.326 e.